The lowest BCUT2D eigenvalue weighted by molar-refractivity contribution is 0.0954. The number of hydrogen-bond donors (Lipinski definition) is 3. The van der Waals surface area contributed by atoms with Crippen LogP contribution in [0.1, 0.15) is 40.6 Å². The third kappa shape index (κ3) is 6.52. The molecule has 1 amide bonds. The summed E-state index contributed by atoms with van der Waals surface area (Å²) in [5, 5.41) is 11.5. The molecule has 26 heavy (non-hydrogen) atoms. The largest absolute Gasteiger partial charge is 0.357 e. The maximum atomic E-state index is 12.1. The number of carbonyl (C=O) groups is 1. The molecule has 1 atom stereocenters. The van der Waals surface area contributed by atoms with Gasteiger partial charge in [0, 0.05) is 36.0 Å². The van der Waals surface area contributed by atoms with Crippen molar-refractivity contribution in [3.8, 4) is 0 Å². The van der Waals surface area contributed by atoms with Crippen LogP contribution < -0.4 is 16.0 Å². The van der Waals surface area contributed by atoms with E-state index in [-0.39, 0.29) is 5.91 Å². The lowest BCUT2D eigenvalue weighted by Crippen LogP contribution is -2.41. The predicted octanol–water partition coefficient (Wildman–Crippen LogP) is 3.15. The van der Waals surface area contributed by atoms with Crippen LogP contribution in [0.25, 0.3) is 0 Å². The van der Waals surface area contributed by atoms with Gasteiger partial charge in [0.1, 0.15) is 0 Å². The van der Waals surface area contributed by atoms with Gasteiger partial charge in [-0.05, 0) is 37.4 Å². The molecule has 0 saturated heterocycles. The summed E-state index contributed by atoms with van der Waals surface area (Å²) >= 11 is 1.76. The molecule has 1 aromatic heterocycles. The molecule has 0 aliphatic carbocycles. The van der Waals surface area contributed by atoms with E-state index in [1.807, 2.05) is 38.1 Å². The fourth-order valence-electron chi connectivity index (χ4n) is 2.48. The van der Waals surface area contributed by atoms with Crippen LogP contribution in [0, 0.1) is 6.92 Å². The molecule has 0 saturated carbocycles. The van der Waals surface area contributed by atoms with E-state index in [0.29, 0.717) is 24.6 Å². The minimum absolute atomic E-state index is 0.0521. The Balaban J connectivity index is 1.77. The van der Waals surface area contributed by atoms with Crippen LogP contribution >= 0.6 is 11.3 Å². The van der Waals surface area contributed by atoms with Gasteiger partial charge < -0.3 is 16.0 Å². The molecule has 0 bridgehead atoms. The van der Waals surface area contributed by atoms with E-state index in [4.69, 9.17) is 0 Å². The topological polar surface area (TPSA) is 65.5 Å². The van der Waals surface area contributed by atoms with Gasteiger partial charge in [0.25, 0.3) is 5.91 Å². The Morgan fingerprint density at radius 1 is 1.15 bits per heavy atom. The third-order valence-corrected chi connectivity index (χ3v) is 4.98. The van der Waals surface area contributed by atoms with Gasteiger partial charge >= 0.3 is 0 Å². The Morgan fingerprint density at radius 3 is 2.65 bits per heavy atom. The lowest BCUT2D eigenvalue weighted by Gasteiger charge is -2.13. The summed E-state index contributed by atoms with van der Waals surface area (Å²) in [4.78, 5) is 18.1. The van der Waals surface area contributed by atoms with Gasteiger partial charge in [-0.15, -0.1) is 11.3 Å². The molecule has 2 aromatic rings. The second-order valence-electron chi connectivity index (χ2n) is 6.19. The van der Waals surface area contributed by atoms with Gasteiger partial charge in [0.05, 0.1) is 6.54 Å². The molecule has 3 N–H and O–H groups in total. The normalized spacial score (nSPS) is 12.5. The average Bonchev–Trinajstić information content (AvgIpc) is 3.17. The van der Waals surface area contributed by atoms with Crippen molar-refractivity contribution >= 4 is 23.2 Å². The molecule has 0 fully saturated rings. The molecular weight excluding hydrogens is 344 g/mol. The summed E-state index contributed by atoms with van der Waals surface area (Å²) in [5.74, 6) is 1.12. The molecule has 0 spiro atoms. The third-order valence-electron chi connectivity index (χ3n) is 3.88. The quantitative estimate of drug-likeness (QED) is 0.379. The van der Waals surface area contributed by atoms with Gasteiger partial charge in [-0.3, -0.25) is 9.79 Å². The number of aryl methyl sites for hydroxylation is 1. The van der Waals surface area contributed by atoms with Gasteiger partial charge in [-0.1, -0.05) is 30.7 Å². The first kappa shape index (κ1) is 20.0. The van der Waals surface area contributed by atoms with Crippen molar-refractivity contribution in [3.05, 3.63) is 57.8 Å². The molecule has 5 nitrogen and oxygen atoms in total. The zero-order chi connectivity index (χ0) is 18.8. The number of benzene rings is 1. The number of guanidine groups is 1. The van der Waals surface area contributed by atoms with E-state index in [1.165, 1.54) is 4.88 Å². The molecule has 1 aromatic carbocycles. The van der Waals surface area contributed by atoms with E-state index in [1.54, 1.807) is 11.3 Å². The van der Waals surface area contributed by atoms with Crippen LogP contribution in [0.15, 0.2) is 46.8 Å². The average molecular weight is 373 g/mol. The fourth-order valence-corrected chi connectivity index (χ4v) is 3.26. The minimum atomic E-state index is -0.0521. The monoisotopic (exact) mass is 372 g/mol. The van der Waals surface area contributed by atoms with Crippen molar-refractivity contribution in [3.63, 3.8) is 0 Å². The first-order chi connectivity index (χ1) is 12.6. The number of nitrogens with zero attached hydrogens (tertiary/aromatic N) is 1. The molecule has 0 aliphatic heterocycles. The lowest BCUT2D eigenvalue weighted by atomic mass is 10.1. The second-order valence-corrected chi connectivity index (χ2v) is 7.17. The molecule has 6 heteroatoms. The molecule has 0 radical (unpaired) electrons. The van der Waals surface area contributed by atoms with Crippen LogP contribution in [0.3, 0.4) is 0 Å². The highest BCUT2D eigenvalue weighted by Crippen LogP contribution is 2.20. The van der Waals surface area contributed by atoms with Crippen molar-refractivity contribution < 1.29 is 4.79 Å². The number of carbonyl (C=O) groups excluding carboxylic acids is 1. The Morgan fingerprint density at radius 2 is 1.96 bits per heavy atom. The van der Waals surface area contributed by atoms with Crippen molar-refractivity contribution in [1.29, 1.82) is 0 Å². The van der Waals surface area contributed by atoms with Crippen LogP contribution in [-0.4, -0.2) is 38.0 Å². The maximum absolute atomic E-state index is 12.1. The minimum Gasteiger partial charge on any atom is -0.357 e. The summed E-state index contributed by atoms with van der Waals surface area (Å²) in [5.41, 5.74) is 1.77. The highest BCUT2D eigenvalue weighted by Gasteiger charge is 2.07. The highest BCUT2D eigenvalue weighted by molar-refractivity contribution is 7.10. The van der Waals surface area contributed by atoms with E-state index in [2.05, 4.69) is 45.4 Å². The molecule has 140 valence electrons. The molecular formula is C20H28N4OS. The van der Waals surface area contributed by atoms with Gasteiger partial charge in [-0.2, -0.15) is 0 Å². The summed E-state index contributed by atoms with van der Waals surface area (Å²) < 4.78 is 0. The van der Waals surface area contributed by atoms with Gasteiger partial charge in [0.15, 0.2) is 5.96 Å². The molecule has 0 aliphatic rings. The van der Waals surface area contributed by atoms with E-state index < -0.39 is 0 Å². The zero-order valence-electron chi connectivity index (χ0n) is 15.7. The zero-order valence-corrected chi connectivity index (χ0v) is 16.5. The van der Waals surface area contributed by atoms with E-state index in [9.17, 15) is 4.79 Å². The summed E-state index contributed by atoms with van der Waals surface area (Å²) in [7, 11) is 0. The number of amides is 1. The number of hydrogen-bond acceptors (Lipinski definition) is 3. The summed E-state index contributed by atoms with van der Waals surface area (Å²) in [6, 6.07) is 11.8. The maximum Gasteiger partial charge on any atom is 0.251 e. The van der Waals surface area contributed by atoms with Crippen molar-refractivity contribution in [2.75, 3.05) is 26.2 Å². The Hall–Kier alpha value is -2.34. The van der Waals surface area contributed by atoms with Crippen LogP contribution in [0.5, 0.6) is 0 Å². The SMILES string of the molecule is CCNC(=NCC(C)c1cccs1)NCCNC(=O)c1cccc(C)c1. The highest BCUT2D eigenvalue weighted by atomic mass is 32.1. The Bertz CT molecular complexity index is 712. The molecule has 1 heterocycles. The standard InChI is InChI=1S/C20H28N4OS/c1-4-21-20(24-14-16(3)18-9-6-12-26-18)23-11-10-22-19(25)17-8-5-7-15(2)13-17/h5-9,12-13,16H,4,10-11,14H2,1-3H3,(H,22,25)(H2,21,23,24). The molecule has 1 unspecified atom stereocenters. The predicted molar refractivity (Wildman–Crippen MR) is 110 cm³/mol. The smallest absolute Gasteiger partial charge is 0.251 e. The number of aliphatic imine (C=N–C) groups is 1. The number of rotatable bonds is 8. The summed E-state index contributed by atoms with van der Waals surface area (Å²) in [6.45, 7) is 8.89. The number of thiophene rings is 1. The first-order valence-corrected chi connectivity index (χ1v) is 9.88. The van der Waals surface area contributed by atoms with Crippen LogP contribution in [0.2, 0.25) is 0 Å². The fraction of sp³-hybridized carbons (Fsp3) is 0.400. The van der Waals surface area contributed by atoms with Crippen molar-refractivity contribution in [2.45, 2.75) is 26.7 Å². The van der Waals surface area contributed by atoms with E-state index in [0.717, 1.165) is 24.6 Å². The van der Waals surface area contributed by atoms with Gasteiger partial charge in [-0.25, -0.2) is 0 Å². The first-order valence-electron chi connectivity index (χ1n) is 9.00. The second kappa shape index (κ2) is 10.6. The molecule has 2 rings (SSSR count). The number of nitrogens with one attached hydrogen (secondary N) is 3. The Labute approximate surface area is 159 Å². The van der Waals surface area contributed by atoms with Crippen LogP contribution in [0.4, 0.5) is 0 Å². The van der Waals surface area contributed by atoms with Gasteiger partial charge in [0.2, 0.25) is 0 Å². The Kier molecular flexibility index (Phi) is 8.15. The van der Waals surface area contributed by atoms with Crippen molar-refractivity contribution in [2.24, 2.45) is 4.99 Å². The van der Waals surface area contributed by atoms with Crippen molar-refractivity contribution in [1.82, 2.24) is 16.0 Å². The summed E-state index contributed by atoms with van der Waals surface area (Å²) in [6.07, 6.45) is 0. The van der Waals surface area contributed by atoms with Crippen LogP contribution in [-0.2, 0) is 0 Å². The van der Waals surface area contributed by atoms with E-state index >= 15 is 0 Å².